The molecular weight excluding hydrogens is 755 g/mol. The van der Waals surface area contributed by atoms with Crippen molar-refractivity contribution in [3.8, 4) is 0 Å². The Kier molecular flexibility index (Phi) is 30.8. The molecule has 0 spiro atoms. The first-order valence-corrected chi connectivity index (χ1v) is 22.6. The maximum Gasteiger partial charge on any atom is 0.472 e. The molecule has 0 aromatic carbocycles. The Bertz CT molecular complexity index is 1230. The number of unbranched alkanes of at least 4 members (excludes halogenated alkanes) is 14. The van der Waals surface area contributed by atoms with Gasteiger partial charge < -0.3 is 39.9 Å². The molecule has 0 aliphatic heterocycles. The summed E-state index contributed by atoms with van der Waals surface area (Å²) in [5.41, 5.74) is 0. The molecule has 0 aromatic heterocycles. The summed E-state index contributed by atoms with van der Waals surface area (Å²) in [7, 11) is -5.13. The van der Waals surface area contributed by atoms with Gasteiger partial charge in [0.25, 0.3) is 0 Å². The fraction of sp³-hybridized carbons (Fsp3) is 0.721. The van der Waals surface area contributed by atoms with E-state index in [0.717, 1.165) is 57.8 Å². The highest BCUT2D eigenvalue weighted by atomic mass is 31.2. The summed E-state index contributed by atoms with van der Waals surface area (Å²) in [4.78, 5) is 35.6. The van der Waals surface area contributed by atoms with Gasteiger partial charge in [-0.2, -0.15) is 0 Å². The number of phosphoric acid groups is 1. The van der Waals surface area contributed by atoms with Gasteiger partial charge in [-0.15, -0.1) is 0 Å². The van der Waals surface area contributed by atoms with Crippen molar-refractivity contribution in [3.63, 3.8) is 0 Å². The van der Waals surface area contributed by atoms with E-state index >= 15 is 0 Å². The highest BCUT2D eigenvalue weighted by molar-refractivity contribution is 7.47. The average Bonchev–Trinajstić information content (AvgIpc) is 3.19. The quantitative estimate of drug-likeness (QED) is 0.0126. The standard InChI is InChI=1S/C43H73O13P/c1-3-5-7-9-11-13-15-17-18-20-21-23-25-27-29-31-36(44)53-33-35(34-54-57(51,52)56-43-41(49)39(47)38(46)40(48)42(43)50)55-37(45)32-30-28-26-24-22-19-16-14-12-10-8-6-4-2/h6,8,10,12-16,19,22,35,38-43,46-50H,3-5,7,9,11,17-18,20-21,23-34H2,1-2H3,(H,51,52)/b8-6+,12-10+,15-13+,16-14+,22-19+/t35?,38?,39-,40?,41?,42?,43?/m0/s1. The van der Waals surface area contributed by atoms with E-state index in [4.69, 9.17) is 18.5 Å². The Morgan fingerprint density at radius 1 is 0.561 bits per heavy atom. The van der Waals surface area contributed by atoms with E-state index in [1.807, 2.05) is 42.5 Å². The number of rotatable bonds is 33. The van der Waals surface area contributed by atoms with E-state index < -0.39 is 75.7 Å². The Labute approximate surface area is 341 Å². The topological polar surface area (TPSA) is 210 Å². The summed E-state index contributed by atoms with van der Waals surface area (Å²) in [6.45, 7) is 3.08. The van der Waals surface area contributed by atoms with Crippen LogP contribution in [0.1, 0.15) is 142 Å². The zero-order valence-electron chi connectivity index (χ0n) is 34.4. The van der Waals surface area contributed by atoms with Crippen molar-refractivity contribution in [1.29, 1.82) is 0 Å². The molecule has 7 unspecified atom stereocenters. The fourth-order valence-electron chi connectivity index (χ4n) is 6.00. The van der Waals surface area contributed by atoms with Crippen LogP contribution in [0.25, 0.3) is 0 Å². The van der Waals surface area contributed by atoms with Crippen molar-refractivity contribution in [2.24, 2.45) is 0 Å². The zero-order chi connectivity index (χ0) is 42.2. The normalized spacial score (nSPS) is 23.3. The molecule has 0 heterocycles. The predicted molar refractivity (Wildman–Crippen MR) is 221 cm³/mol. The molecule has 1 fully saturated rings. The highest BCUT2D eigenvalue weighted by Crippen LogP contribution is 2.47. The van der Waals surface area contributed by atoms with Crippen LogP contribution in [-0.2, 0) is 32.7 Å². The number of allylic oxidation sites excluding steroid dienone is 10. The van der Waals surface area contributed by atoms with Gasteiger partial charge >= 0.3 is 19.8 Å². The van der Waals surface area contributed by atoms with E-state index in [2.05, 4.69) is 32.1 Å². The van der Waals surface area contributed by atoms with Crippen molar-refractivity contribution in [1.82, 2.24) is 0 Å². The molecule has 1 aliphatic rings. The van der Waals surface area contributed by atoms with Gasteiger partial charge in [-0.25, -0.2) is 4.57 Å². The largest absolute Gasteiger partial charge is 0.472 e. The van der Waals surface area contributed by atoms with Crippen LogP contribution < -0.4 is 0 Å². The van der Waals surface area contributed by atoms with Crippen LogP contribution in [0.2, 0.25) is 0 Å². The Morgan fingerprint density at radius 2 is 1.02 bits per heavy atom. The van der Waals surface area contributed by atoms with E-state index in [-0.39, 0.29) is 12.8 Å². The molecule has 0 bridgehead atoms. The van der Waals surface area contributed by atoms with Crippen LogP contribution in [0.15, 0.2) is 60.8 Å². The molecule has 6 N–H and O–H groups in total. The summed E-state index contributed by atoms with van der Waals surface area (Å²) >= 11 is 0. The number of carbonyl (C=O) groups is 2. The van der Waals surface area contributed by atoms with Gasteiger partial charge in [-0.3, -0.25) is 18.6 Å². The third kappa shape index (κ3) is 26.3. The second-order valence-corrected chi connectivity index (χ2v) is 16.0. The summed E-state index contributed by atoms with van der Waals surface area (Å²) in [6.07, 6.45) is 25.7. The monoisotopic (exact) mass is 828 g/mol. The number of carbonyl (C=O) groups excluding carboxylic acids is 2. The van der Waals surface area contributed by atoms with Gasteiger partial charge in [0.2, 0.25) is 0 Å². The molecule has 13 nitrogen and oxygen atoms in total. The third-order valence-corrected chi connectivity index (χ3v) is 10.4. The van der Waals surface area contributed by atoms with E-state index in [1.54, 1.807) is 0 Å². The van der Waals surface area contributed by atoms with Crippen LogP contribution in [0.3, 0.4) is 0 Å². The SMILES string of the molecule is CC/C=C/C=C/C=C/C=C/CCCCCC(=O)OC(COC(=O)CCCCCCCCC/C=C/CCCCCC)COP(=O)(O)OC1C(O)C(O)C(O)[C@H](O)C1O. The lowest BCUT2D eigenvalue weighted by Crippen LogP contribution is -2.64. The van der Waals surface area contributed by atoms with Crippen LogP contribution in [-0.4, -0.2) is 98.3 Å². The second-order valence-electron chi connectivity index (χ2n) is 14.6. The maximum absolute atomic E-state index is 12.8. The molecule has 14 heteroatoms. The first-order valence-electron chi connectivity index (χ1n) is 21.1. The maximum atomic E-state index is 12.8. The summed E-state index contributed by atoms with van der Waals surface area (Å²) < 4.78 is 33.4. The van der Waals surface area contributed by atoms with E-state index in [1.165, 1.54) is 44.9 Å². The van der Waals surface area contributed by atoms with Crippen molar-refractivity contribution in [2.45, 2.75) is 185 Å². The molecule has 0 saturated heterocycles. The fourth-order valence-corrected chi connectivity index (χ4v) is 6.97. The summed E-state index contributed by atoms with van der Waals surface area (Å²) in [5, 5.41) is 50.0. The predicted octanol–water partition coefficient (Wildman–Crippen LogP) is 7.38. The smallest absolute Gasteiger partial charge is 0.462 e. The van der Waals surface area contributed by atoms with Crippen LogP contribution >= 0.6 is 7.82 Å². The summed E-state index contributed by atoms with van der Waals surface area (Å²) in [5.74, 6) is -1.16. The zero-order valence-corrected chi connectivity index (χ0v) is 35.3. The van der Waals surface area contributed by atoms with Crippen molar-refractivity contribution in [2.75, 3.05) is 13.2 Å². The molecule has 0 radical (unpaired) electrons. The lowest BCUT2D eigenvalue weighted by atomic mass is 9.85. The molecule has 8 atom stereocenters. The minimum absolute atomic E-state index is 0.0474. The van der Waals surface area contributed by atoms with Crippen molar-refractivity contribution < 1.29 is 63.1 Å². The number of hydrogen-bond donors (Lipinski definition) is 6. The van der Waals surface area contributed by atoms with Gasteiger partial charge in [0.15, 0.2) is 6.10 Å². The first kappa shape index (κ1) is 52.6. The highest BCUT2D eigenvalue weighted by Gasteiger charge is 2.51. The Morgan fingerprint density at radius 3 is 1.60 bits per heavy atom. The molecule has 0 aromatic rings. The number of ether oxygens (including phenoxy) is 2. The molecule has 1 saturated carbocycles. The van der Waals surface area contributed by atoms with Gasteiger partial charge in [0.1, 0.15) is 43.2 Å². The van der Waals surface area contributed by atoms with Crippen molar-refractivity contribution >= 4 is 19.8 Å². The minimum Gasteiger partial charge on any atom is -0.462 e. The lowest BCUT2D eigenvalue weighted by Gasteiger charge is -2.41. The van der Waals surface area contributed by atoms with E-state index in [9.17, 15) is 44.6 Å². The lowest BCUT2D eigenvalue weighted by molar-refractivity contribution is -0.220. The van der Waals surface area contributed by atoms with Gasteiger partial charge in [0.05, 0.1) is 6.61 Å². The van der Waals surface area contributed by atoms with Gasteiger partial charge in [0, 0.05) is 12.8 Å². The Balaban J connectivity index is 2.53. The molecule has 1 aliphatic carbocycles. The molecular formula is C43H73O13P. The second kappa shape index (κ2) is 33.4. The number of aliphatic hydroxyl groups excluding tert-OH is 5. The molecule has 0 amide bonds. The van der Waals surface area contributed by atoms with Crippen molar-refractivity contribution in [3.05, 3.63) is 60.8 Å². The minimum atomic E-state index is -5.13. The third-order valence-electron chi connectivity index (χ3n) is 9.44. The number of hydrogen-bond acceptors (Lipinski definition) is 12. The summed E-state index contributed by atoms with van der Waals surface area (Å²) in [6, 6.07) is 0. The number of aliphatic hydroxyl groups is 5. The van der Waals surface area contributed by atoms with Gasteiger partial charge in [-0.05, 0) is 57.8 Å². The molecule has 57 heavy (non-hydrogen) atoms. The molecule has 328 valence electrons. The number of phosphoric ester groups is 1. The van der Waals surface area contributed by atoms with Crippen LogP contribution in [0, 0.1) is 0 Å². The average molecular weight is 829 g/mol. The van der Waals surface area contributed by atoms with Crippen LogP contribution in [0.4, 0.5) is 0 Å². The Hall–Kier alpha value is -2.45. The molecule has 1 rings (SSSR count). The van der Waals surface area contributed by atoms with E-state index in [0.29, 0.717) is 12.8 Å². The van der Waals surface area contributed by atoms with Gasteiger partial charge in [-0.1, -0.05) is 132 Å². The number of esters is 2. The first-order chi connectivity index (χ1) is 27.4. The van der Waals surface area contributed by atoms with Crippen LogP contribution in [0.5, 0.6) is 0 Å².